The topological polar surface area (TPSA) is 52.1 Å². The zero-order valence-corrected chi connectivity index (χ0v) is 20.4. The van der Waals surface area contributed by atoms with Gasteiger partial charge in [0.2, 0.25) is 0 Å². The summed E-state index contributed by atoms with van der Waals surface area (Å²) in [4.78, 5) is 9.78. The zero-order valence-electron chi connectivity index (χ0n) is 18.1. The first-order valence-corrected chi connectivity index (χ1v) is 11.1. The van der Waals surface area contributed by atoms with Crippen molar-refractivity contribution in [1.82, 2.24) is 20.4 Å². The monoisotopic (exact) mass is 533 g/mol. The van der Waals surface area contributed by atoms with Gasteiger partial charge in [-0.05, 0) is 63.5 Å². The molecule has 2 aliphatic heterocycles. The summed E-state index contributed by atoms with van der Waals surface area (Å²) in [5.74, 6) is 0.653. The highest BCUT2D eigenvalue weighted by atomic mass is 127. The van der Waals surface area contributed by atoms with Crippen LogP contribution in [0.1, 0.15) is 37.8 Å². The second-order valence-corrected chi connectivity index (χ2v) is 7.76. The Hall–Kier alpha value is -0.970. The van der Waals surface area contributed by atoms with Crippen LogP contribution in [0.3, 0.4) is 0 Å². The van der Waals surface area contributed by atoms with Gasteiger partial charge in [0.1, 0.15) is 5.82 Å². The first-order valence-electron chi connectivity index (χ1n) is 11.1. The molecule has 1 atom stereocenters. The predicted molar refractivity (Wildman–Crippen MR) is 131 cm³/mol. The lowest BCUT2D eigenvalue weighted by Crippen LogP contribution is -2.42. The molecule has 0 saturated carbocycles. The molecule has 8 heteroatoms. The number of benzene rings is 1. The molecule has 2 fully saturated rings. The van der Waals surface area contributed by atoms with E-state index in [0.29, 0.717) is 6.54 Å². The minimum absolute atomic E-state index is 0. The lowest BCUT2D eigenvalue weighted by molar-refractivity contribution is 0.0179. The fourth-order valence-electron chi connectivity index (χ4n) is 4.04. The maximum Gasteiger partial charge on any atom is 0.191 e. The van der Waals surface area contributed by atoms with E-state index < -0.39 is 0 Å². The van der Waals surface area contributed by atoms with E-state index in [-0.39, 0.29) is 35.8 Å². The summed E-state index contributed by atoms with van der Waals surface area (Å²) < 4.78 is 18.9. The molecule has 1 aromatic rings. The predicted octanol–water partition coefficient (Wildman–Crippen LogP) is 2.86. The zero-order chi connectivity index (χ0) is 20.3. The van der Waals surface area contributed by atoms with E-state index in [1.54, 1.807) is 0 Å². The molecule has 2 N–H and O–H groups in total. The van der Waals surface area contributed by atoms with Gasteiger partial charge in [0, 0.05) is 26.2 Å². The molecule has 6 nitrogen and oxygen atoms in total. The van der Waals surface area contributed by atoms with Crippen molar-refractivity contribution in [3.8, 4) is 0 Å². The Kier molecular flexibility index (Phi) is 11.9. The highest BCUT2D eigenvalue weighted by Crippen LogP contribution is 2.22. The first-order chi connectivity index (χ1) is 14.3. The number of nitrogens with one attached hydrogen (secondary N) is 2. The molecule has 0 bridgehead atoms. The number of likely N-dealkylation sites (tertiary alicyclic amines) is 1. The van der Waals surface area contributed by atoms with Gasteiger partial charge < -0.3 is 20.3 Å². The lowest BCUT2D eigenvalue weighted by Gasteiger charge is -2.34. The standard InChI is InChI=1S/C22H36FN5O.HI/c1-2-24-22(25-10-5-13-27-11-3-4-12-27)26-18-21(28-14-16-29-17-15-28)19-6-8-20(23)9-7-19;/h6-9,21H,2-5,10-18H2,1H3,(H2,24,25,26);1H. The highest BCUT2D eigenvalue weighted by Gasteiger charge is 2.22. The number of halogens is 2. The van der Waals surface area contributed by atoms with E-state index in [2.05, 4.69) is 27.4 Å². The number of ether oxygens (including phenoxy) is 1. The maximum absolute atomic E-state index is 13.4. The normalized spacial score (nSPS) is 19.3. The molecule has 0 aromatic heterocycles. The Morgan fingerprint density at radius 3 is 2.47 bits per heavy atom. The van der Waals surface area contributed by atoms with Gasteiger partial charge in [-0.2, -0.15) is 0 Å². The minimum atomic E-state index is -0.203. The number of rotatable bonds is 9. The van der Waals surface area contributed by atoms with Crippen molar-refractivity contribution in [2.45, 2.75) is 32.2 Å². The molecule has 2 saturated heterocycles. The van der Waals surface area contributed by atoms with Crippen molar-refractivity contribution in [2.75, 3.05) is 65.6 Å². The van der Waals surface area contributed by atoms with Crippen LogP contribution in [-0.4, -0.2) is 81.3 Å². The maximum atomic E-state index is 13.4. The van der Waals surface area contributed by atoms with Gasteiger partial charge in [0.05, 0.1) is 25.8 Å². The first kappa shape index (κ1) is 25.3. The van der Waals surface area contributed by atoms with Gasteiger partial charge in [-0.1, -0.05) is 12.1 Å². The Morgan fingerprint density at radius 2 is 1.80 bits per heavy atom. The van der Waals surface area contributed by atoms with Crippen LogP contribution < -0.4 is 10.6 Å². The molecule has 1 aromatic carbocycles. The van der Waals surface area contributed by atoms with Crippen LogP contribution in [0.5, 0.6) is 0 Å². The van der Waals surface area contributed by atoms with Gasteiger partial charge in [-0.25, -0.2) is 4.39 Å². The number of hydrogen-bond donors (Lipinski definition) is 2. The SMILES string of the molecule is CCNC(=NCC(c1ccc(F)cc1)N1CCOCC1)NCCCN1CCCC1.I. The summed E-state index contributed by atoms with van der Waals surface area (Å²) in [6, 6.07) is 6.95. The minimum Gasteiger partial charge on any atom is -0.379 e. The fourth-order valence-corrected chi connectivity index (χ4v) is 4.04. The third kappa shape index (κ3) is 8.28. The Balaban J connectivity index is 0.00000320. The number of hydrogen-bond acceptors (Lipinski definition) is 4. The Bertz CT molecular complexity index is 618. The summed E-state index contributed by atoms with van der Waals surface area (Å²) in [5, 5.41) is 6.82. The van der Waals surface area contributed by atoms with E-state index in [1.807, 2.05) is 12.1 Å². The van der Waals surface area contributed by atoms with E-state index in [4.69, 9.17) is 9.73 Å². The van der Waals surface area contributed by atoms with Crippen LogP contribution in [0.2, 0.25) is 0 Å². The number of nitrogens with zero attached hydrogens (tertiary/aromatic N) is 3. The van der Waals surface area contributed by atoms with Crippen molar-refractivity contribution in [3.05, 3.63) is 35.6 Å². The smallest absolute Gasteiger partial charge is 0.191 e. The molecule has 170 valence electrons. The molecule has 3 rings (SSSR count). The Morgan fingerprint density at radius 1 is 1.10 bits per heavy atom. The van der Waals surface area contributed by atoms with Crippen LogP contribution in [0.15, 0.2) is 29.3 Å². The average Bonchev–Trinajstić information content (AvgIpc) is 3.27. The van der Waals surface area contributed by atoms with Gasteiger partial charge in [0.25, 0.3) is 0 Å². The average molecular weight is 533 g/mol. The van der Waals surface area contributed by atoms with Crippen LogP contribution in [-0.2, 0) is 4.74 Å². The highest BCUT2D eigenvalue weighted by molar-refractivity contribution is 14.0. The summed E-state index contributed by atoms with van der Waals surface area (Å²) in [6.07, 6.45) is 3.79. The molecule has 0 amide bonds. The quantitative estimate of drug-likeness (QED) is 0.221. The molecule has 2 aliphatic rings. The van der Waals surface area contributed by atoms with Crippen molar-refractivity contribution >= 4 is 29.9 Å². The Labute approximate surface area is 197 Å². The van der Waals surface area contributed by atoms with Crippen molar-refractivity contribution in [2.24, 2.45) is 4.99 Å². The third-order valence-electron chi connectivity index (χ3n) is 5.65. The molecule has 1 unspecified atom stereocenters. The van der Waals surface area contributed by atoms with Crippen LogP contribution in [0.4, 0.5) is 4.39 Å². The second kappa shape index (κ2) is 14.2. The molecule has 0 spiro atoms. The van der Waals surface area contributed by atoms with Gasteiger partial charge in [0.15, 0.2) is 5.96 Å². The molecular formula is C22H37FIN5O. The summed E-state index contributed by atoms with van der Waals surface area (Å²) in [7, 11) is 0. The van der Waals surface area contributed by atoms with Gasteiger partial charge >= 0.3 is 0 Å². The number of morpholine rings is 1. The molecule has 0 aliphatic carbocycles. The van der Waals surface area contributed by atoms with Crippen LogP contribution >= 0.6 is 24.0 Å². The third-order valence-corrected chi connectivity index (χ3v) is 5.65. The molecule has 0 radical (unpaired) electrons. The van der Waals surface area contributed by atoms with Crippen molar-refractivity contribution in [3.63, 3.8) is 0 Å². The summed E-state index contributed by atoms with van der Waals surface area (Å²) in [5.41, 5.74) is 1.10. The van der Waals surface area contributed by atoms with Crippen molar-refractivity contribution < 1.29 is 9.13 Å². The molecule has 30 heavy (non-hydrogen) atoms. The van der Waals surface area contributed by atoms with E-state index >= 15 is 0 Å². The largest absolute Gasteiger partial charge is 0.379 e. The second-order valence-electron chi connectivity index (χ2n) is 7.76. The van der Waals surface area contributed by atoms with E-state index in [0.717, 1.165) is 63.9 Å². The number of guanidine groups is 1. The fraction of sp³-hybridized carbons (Fsp3) is 0.682. The van der Waals surface area contributed by atoms with E-state index in [1.165, 1.54) is 38.1 Å². The van der Waals surface area contributed by atoms with Crippen LogP contribution in [0.25, 0.3) is 0 Å². The summed E-state index contributed by atoms with van der Waals surface area (Å²) >= 11 is 0. The number of aliphatic imine (C=N–C) groups is 1. The van der Waals surface area contributed by atoms with Gasteiger partial charge in [-0.15, -0.1) is 24.0 Å². The lowest BCUT2D eigenvalue weighted by atomic mass is 10.0. The van der Waals surface area contributed by atoms with Gasteiger partial charge in [-0.3, -0.25) is 9.89 Å². The van der Waals surface area contributed by atoms with Crippen LogP contribution in [0, 0.1) is 5.82 Å². The molecule has 2 heterocycles. The summed E-state index contributed by atoms with van der Waals surface area (Å²) in [6.45, 7) is 11.3. The van der Waals surface area contributed by atoms with E-state index in [9.17, 15) is 4.39 Å². The van der Waals surface area contributed by atoms with Crippen molar-refractivity contribution in [1.29, 1.82) is 0 Å². The molecular weight excluding hydrogens is 496 g/mol.